The number of carbonyl (C=O) groups is 1. The highest BCUT2D eigenvalue weighted by atomic mass is 16.5. The predicted molar refractivity (Wildman–Crippen MR) is 208 cm³/mol. The fraction of sp³-hybridized carbons (Fsp3) is 0.578. The molecule has 0 aromatic heterocycles. The van der Waals surface area contributed by atoms with Gasteiger partial charge in [0.05, 0.1) is 18.3 Å². The Morgan fingerprint density at radius 1 is 0.551 bits per heavy atom. The van der Waals surface area contributed by atoms with Gasteiger partial charge in [-0.1, -0.05) is 178 Å². The minimum atomic E-state index is -0.935. The molecule has 1 unspecified atom stereocenters. The minimum absolute atomic E-state index is 0.0725. The molecule has 1 N–H and O–H groups in total. The summed E-state index contributed by atoms with van der Waals surface area (Å²) in [5, 5.41) is 9.82. The second-order valence-corrected chi connectivity index (χ2v) is 13.9. The summed E-state index contributed by atoms with van der Waals surface area (Å²) >= 11 is 0. The van der Waals surface area contributed by atoms with Gasteiger partial charge in [-0.25, -0.2) is 4.79 Å². The zero-order valence-electron chi connectivity index (χ0n) is 31.2. The van der Waals surface area contributed by atoms with E-state index in [4.69, 9.17) is 9.47 Å². The molecule has 0 aliphatic rings. The van der Waals surface area contributed by atoms with Gasteiger partial charge >= 0.3 is 5.97 Å². The van der Waals surface area contributed by atoms with Crippen molar-refractivity contribution in [1.29, 1.82) is 0 Å². The van der Waals surface area contributed by atoms with Gasteiger partial charge < -0.3 is 14.6 Å². The first-order valence-electron chi connectivity index (χ1n) is 19.9. The molecule has 0 spiro atoms. The molecule has 0 radical (unpaired) electrons. The summed E-state index contributed by atoms with van der Waals surface area (Å²) in [5.74, 6) is -0.224. The number of ether oxygens (including phenoxy) is 2. The van der Waals surface area contributed by atoms with Crippen molar-refractivity contribution in [2.75, 3.05) is 13.2 Å². The Morgan fingerprint density at radius 2 is 0.980 bits per heavy atom. The number of rotatable bonds is 28. The molecule has 270 valence electrons. The number of carboxylic acids is 1. The highest BCUT2D eigenvalue weighted by molar-refractivity contribution is 5.96. The van der Waals surface area contributed by atoms with Gasteiger partial charge in [0.15, 0.2) is 0 Å². The molecule has 0 saturated carbocycles. The molecule has 0 saturated heterocycles. The Bertz CT molecular complexity index is 1280. The largest absolute Gasteiger partial charge is 0.494 e. The van der Waals surface area contributed by atoms with Gasteiger partial charge in [0.25, 0.3) is 0 Å². The van der Waals surface area contributed by atoms with E-state index in [2.05, 4.69) is 57.2 Å². The van der Waals surface area contributed by atoms with E-state index in [-0.39, 0.29) is 11.7 Å². The Hall–Kier alpha value is -3.11. The normalized spacial score (nSPS) is 11.9. The Labute approximate surface area is 299 Å². The fourth-order valence-electron chi connectivity index (χ4n) is 6.55. The van der Waals surface area contributed by atoms with Crippen molar-refractivity contribution < 1.29 is 19.4 Å². The maximum Gasteiger partial charge on any atom is 0.336 e. The quantitative estimate of drug-likeness (QED) is 0.0781. The first-order valence-corrected chi connectivity index (χ1v) is 19.9. The van der Waals surface area contributed by atoms with Gasteiger partial charge in [-0.3, -0.25) is 0 Å². The van der Waals surface area contributed by atoms with Crippen LogP contribution in [0.4, 0.5) is 0 Å². The molecule has 0 bridgehead atoms. The van der Waals surface area contributed by atoms with Crippen LogP contribution in [0.15, 0.2) is 66.7 Å². The number of benzene rings is 3. The Morgan fingerprint density at radius 3 is 1.49 bits per heavy atom. The summed E-state index contributed by atoms with van der Waals surface area (Å²) in [4.78, 5) is 12.0. The van der Waals surface area contributed by atoms with E-state index < -0.39 is 5.97 Å². The number of carboxylic acid groups (broad SMARTS) is 1. The highest BCUT2D eigenvalue weighted by Gasteiger charge is 2.14. The monoisotopic (exact) mass is 670 g/mol. The third kappa shape index (κ3) is 16.0. The summed E-state index contributed by atoms with van der Waals surface area (Å²) < 4.78 is 12.1. The van der Waals surface area contributed by atoms with Gasteiger partial charge in [-0.05, 0) is 65.8 Å². The number of hydrogen-bond donors (Lipinski definition) is 1. The van der Waals surface area contributed by atoms with Crippen LogP contribution in [0, 0.1) is 0 Å². The molecule has 3 rings (SSSR count). The van der Waals surface area contributed by atoms with Crippen LogP contribution < -0.4 is 4.74 Å². The van der Waals surface area contributed by atoms with E-state index in [0.29, 0.717) is 17.9 Å². The van der Waals surface area contributed by atoms with Crippen molar-refractivity contribution in [2.24, 2.45) is 0 Å². The van der Waals surface area contributed by atoms with Crippen molar-refractivity contribution in [2.45, 2.75) is 155 Å². The van der Waals surface area contributed by atoms with E-state index in [9.17, 15) is 9.90 Å². The standard InChI is InChI=1S/C45H66O4/c1-4-6-8-10-11-12-13-14-15-16-17-18-19-20-21-23-34-48-37(3)38-24-26-39(27-25-38)40-28-30-41(31-29-40)44-36-42(32-33-43(44)45(46)47)49-35-22-9-7-5-2/h24-33,36-37H,4-23,34-35H2,1-3H3,(H,46,47). The van der Waals surface area contributed by atoms with Crippen LogP contribution in [0.2, 0.25) is 0 Å². The Kier molecular flexibility index (Phi) is 20.5. The van der Waals surface area contributed by atoms with Gasteiger partial charge in [0, 0.05) is 6.61 Å². The molecular weight excluding hydrogens is 604 g/mol. The first kappa shape index (κ1) is 40.3. The van der Waals surface area contributed by atoms with Crippen LogP contribution in [-0.4, -0.2) is 24.3 Å². The SMILES string of the molecule is CCCCCCCCCCCCCCCCCCOC(C)c1ccc(-c2ccc(-c3cc(OCCCCCC)ccc3C(=O)O)cc2)cc1. The number of aromatic carboxylic acids is 1. The second-order valence-electron chi connectivity index (χ2n) is 13.9. The van der Waals surface area contributed by atoms with Crippen LogP contribution in [0.3, 0.4) is 0 Å². The summed E-state index contributed by atoms with van der Waals surface area (Å²) in [6, 6.07) is 22.0. The molecule has 0 aliphatic carbocycles. The van der Waals surface area contributed by atoms with E-state index in [1.807, 2.05) is 18.2 Å². The maximum atomic E-state index is 12.0. The predicted octanol–water partition coefficient (Wildman–Crippen LogP) is 14.0. The van der Waals surface area contributed by atoms with Gasteiger partial charge in [0.2, 0.25) is 0 Å². The zero-order valence-corrected chi connectivity index (χ0v) is 31.2. The number of unbranched alkanes of at least 4 members (excludes halogenated alkanes) is 18. The lowest BCUT2D eigenvalue weighted by atomic mass is 9.96. The lowest BCUT2D eigenvalue weighted by Crippen LogP contribution is -2.02. The van der Waals surface area contributed by atoms with Crippen LogP contribution in [0.5, 0.6) is 5.75 Å². The van der Waals surface area contributed by atoms with Crippen molar-refractivity contribution >= 4 is 5.97 Å². The second kappa shape index (κ2) is 24.9. The Balaban J connectivity index is 1.33. The summed E-state index contributed by atoms with van der Waals surface area (Å²) in [5.41, 5.74) is 5.24. The fourth-order valence-corrected chi connectivity index (χ4v) is 6.55. The molecule has 3 aromatic rings. The van der Waals surface area contributed by atoms with Crippen molar-refractivity contribution in [3.8, 4) is 28.0 Å². The molecule has 0 heterocycles. The van der Waals surface area contributed by atoms with Crippen molar-refractivity contribution in [1.82, 2.24) is 0 Å². The third-order valence-electron chi connectivity index (χ3n) is 9.76. The molecule has 1 atom stereocenters. The lowest BCUT2D eigenvalue weighted by molar-refractivity contribution is 0.0627. The minimum Gasteiger partial charge on any atom is -0.494 e. The molecule has 3 aromatic carbocycles. The van der Waals surface area contributed by atoms with E-state index in [1.54, 1.807) is 12.1 Å². The van der Waals surface area contributed by atoms with Crippen molar-refractivity contribution in [3.63, 3.8) is 0 Å². The van der Waals surface area contributed by atoms with E-state index in [1.165, 1.54) is 115 Å². The third-order valence-corrected chi connectivity index (χ3v) is 9.76. The van der Waals surface area contributed by atoms with Gasteiger partial charge in [-0.2, -0.15) is 0 Å². The topological polar surface area (TPSA) is 55.8 Å². The average Bonchev–Trinajstić information content (AvgIpc) is 3.12. The van der Waals surface area contributed by atoms with Gasteiger partial charge in [0.1, 0.15) is 5.75 Å². The van der Waals surface area contributed by atoms with E-state index in [0.717, 1.165) is 42.6 Å². The van der Waals surface area contributed by atoms with Crippen molar-refractivity contribution in [3.05, 3.63) is 77.9 Å². The zero-order chi connectivity index (χ0) is 34.9. The van der Waals surface area contributed by atoms with Gasteiger partial charge in [-0.15, -0.1) is 0 Å². The molecule has 49 heavy (non-hydrogen) atoms. The molecule has 0 aliphatic heterocycles. The van der Waals surface area contributed by atoms with E-state index >= 15 is 0 Å². The molecule has 0 fully saturated rings. The van der Waals surface area contributed by atoms with Crippen LogP contribution >= 0.6 is 0 Å². The average molecular weight is 671 g/mol. The summed E-state index contributed by atoms with van der Waals surface area (Å²) in [7, 11) is 0. The summed E-state index contributed by atoms with van der Waals surface area (Å²) in [6.45, 7) is 8.07. The first-order chi connectivity index (χ1) is 24.0. The highest BCUT2D eigenvalue weighted by Crippen LogP contribution is 2.31. The van der Waals surface area contributed by atoms with Crippen LogP contribution in [0.25, 0.3) is 22.3 Å². The molecule has 4 nitrogen and oxygen atoms in total. The van der Waals surface area contributed by atoms with Crippen LogP contribution in [0.1, 0.15) is 171 Å². The summed E-state index contributed by atoms with van der Waals surface area (Å²) in [6.07, 6.45) is 26.7. The number of hydrogen-bond acceptors (Lipinski definition) is 3. The molecule has 0 amide bonds. The maximum absolute atomic E-state index is 12.0. The smallest absolute Gasteiger partial charge is 0.336 e. The van der Waals surface area contributed by atoms with Crippen LogP contribution in [-0.2, 0) is 4.74 Å². The lowest BCUT2D eigenvalue weighted by Gasteiger charge is -2.14. The molecule has 4 heteroatoms. The molecular formula is C45H66O4.